The van der Waals surface area contributed by atoms with Gasteiger partial charge in [0.2, 0.25) is 11.8 Å². The third-order valence-electron chi connectivity index (χ3n) is 2.99. The molecule has 0 aliphatic carbocycles. The summed E-state index contributed by atoms with van der Waals surface area (Å²) in [7, 11) is 0. The molecule has 120 valence electrons. The number of hydrogen-bond acceptors (Lipinski definition) is 3. The summed E-state index contributed by atoms with van der Waals surface area (Å²) in [6, 6.07) is 11.7. The van der Waals surface area contributed by atoms with Gasteiger partial charge in [0, 0.05) is 27.0 Å². The van der Waals surface area contributed by atoms with Crippen LogP contribution in [0.3, 0.4) is 0 Å². The van der Waals surface area contributed by atoms with Crippen molar-refractivity contribution in [3.05, 3.63) is 63.6 Å². The van der Waals surface area contributed by atoms with E-state index in [-0.39, 0.29) is 11.7 Å². The average molecular weight is 369 g/mol. The van der Waals surface area contributed by atoms with Crippen molar-refractivity contribution in [1.82, 2.24) is 0 Å². The first-order chi connectivity index (χ1) is 11.0. The summed E-state index contributed by atoms with van der Waals surface area (Å²) in [5.74, 6) is 0.158. The highest BCUT2D eigenvalue weighted by Gasteiger charge is 2.08. The molecule has 3 N–H and O–H groups in total. The Morgan fingerprint density at radius 2 is 1.65 bits per heavy atom. The Morgan fingerprint density at radius 3 is 2.22 bits per heavy atom. The second-order valence-corrected chi connectivity index (χ2v) is 6.48. The average Bonchev–Trinajstić information content (AvgIpc) is 2.51. The molecule has 0 aliphatic heterocycles. The van der Waals surface area contributed by atoms with Gasteiger partial charge in [-0.15, -0.1) is 11.8 Å². The minimum Gasteiger partial charge on any atom is -0.366 e. The van der Waals surface area contributed by atoms with Crippen LogP contribution in [0.5, 0.6) is 0 Å². The van der Waals surface area contributed by atoms with E-state index in [0.29, 0.717) is 27.0 Å². The van der Waals surface area contributed by atoms with Crippen molar-refractivity contribution in [3.63, 3.8) is 0 Å². The molecule has 0 aromatic heterocycles. The molecular weight excluding hydrogens is 355 g/mol. The molecule has 0 atom stereocenters. The van der Waals surface area contributed by atoms with Gasteiger partial charge in [0.05, 0.1) is 5.75 Å². The zero-order valence-electron chi connectivity index (χ0n) is 12.0. The smallest absolute Gasteiger partial charge is 0.248 e. The number of primary amides is 1. The predicted molar refractivity (Wildman–Crippen MR) is 96.2 cm³/mol. The molecule has 4 nitrogen and oxygen atoms in total. The van der Waals surface area contributed by atoms with Gasteiger partial charge in [-0.1, -0.05) is 29.3 Å². The van der Waals surface area contributed by atoms with Gasteiger partial charge in [0.15, 0.2) is 0 Å². The molecule has 0 bridgehead atoms. The first-order valence-electron chi connectivity index (χ1n) is 6.67. The largest absolute Gasteiger partial charge is 0.366 e. The Balaban J connectivity index is 1.84. The molecule has 2 rings (SSSR count). The van der Waals surface area contributed by atoms with Crippen LogP contribution in [0.25, 0.3) is 0 Å². The topological polar surface area (TPSA) is 72.2 Å². The van der Waals surface area contributed by atoms with Crippen LogP contribution in [-0.4, -0.2) is 17.6 Å². The Morgan fingerprint density at radius 1 is 1.04 bits per heavy atom. The first-order valence-corrected chi connectivity index (χ1v) is 8.59. The molecule has 2 amide bonds. The van der Waals surface area contributed by atoms with E-state index in [2.05, 4.69) is 5.32 Å². The summed E-state index contributed by atoms with van der Waals surface area (Å²) in [6.45, 7) is 0. The zero-order chi connectivity index (χ0) is 16.8. The maximum Gasteiger partial charge on any atom is 0.248 e. The van der Waals surface area contributed by atoms with Crippen molar-refractivity contribution in [2.45, 2.75) is 5.75 Å². The summed E-state index contributed by atoms with van der Waals surface area (Å²) in [5, 5.41) is 3.93. The van der Waals surface area contributed by atoms with Crippen molar-refractivity contribution in [1.29, 1.82) is 0 Å². The number of hydrogen-bond donors (Lipinski definition) is 2. The quantitative estimate of drug-likeness (QED) is 0.810. The van der Waals surface area contributed by atoms with Gasteiger partial charge in [-0.2, -0.15) is 0 Å². The van der Waals surface area contributed by atoms with Crippen molar-refractivity contribution in [2.75, 3.05) is 11.1 Å². The number of carbonyl (C=O) groups excluding carboxylic acids is 2. The monoisotopic (exact) mass is 368 g/mol. The van der Waals surface area contributed by atoms with Crippen LogP contribution in [0, 0.1) is 0 Å². The van der Waals surface area contributed by atoms with E-state index in [4.69, 9.17) is 28.9 Å². The number of amides is 2. The third kappa shape index (κ3) is 5.16. The molecule has 7 heteroatoms. The summed E-state index contributed by atoms with van der Waals surface area (Å²) in [5.41, 5.74) is 6.98. The van der Waals surface area contributed by atoms with Gasteiger partial charge in [0.25, 0.3) is 0 Å². The molecule has 0 heterocycles. The number of rotatable bonds is 6. The van der Waals surface area contributed by atoms with E-state index < -0.39 is 5.91 Å². The van der Waals surface area contributed by atoms with E-state index in [1.54, 1.807) is 42.5 Å². The number of anilines is 1. The Bertz CT molecular complexity index is 700. The minimum atomic E-state index is -0.505. The fraction of sp³-hybridized carbons (Fsp3) is 0.125. The zero-order valence-corrected chi connectivity index (χ0v) is 14.3. The van der Waals surface area contributed by atoms with E-state index in [1.807, 2.05) is 0 Å². The highest BCUT2D eigenvalue weighted by atomic mass is 35.5. The second-order valence-electron chi connectivity index (χ2n) is 4.68. The number of benzene rings is 2. The fourth-order valence-corrected chi connectivity index (χ4v) is 3.40. The Kier molecular flexibility index (Phi) is 6.33. The normalized spacial score (nSPS) is 10.3. The second kappa shape index (κ2) is 8.24. The Labute approximate surface area is 148 Å². The number of halogens is 2. The molecule has 0 saturated carbocycles. The maximum absolute atomic E-state index is 11.9. The van der Waals surface area contributed by atoms with E-state index in [1.165, 1.54) is 11.8 Å². The summed E-state index contributed by atoms with van der Waals surface area (Å²) >= 11 is 13.6. The van der Waals surface area contributed by atoms with Crippen molar-refractivity contribution >= 4 is 52.5 Å². The predicted octanol–water partition coefficient (Wildman–Crippen LogP) is 3.96. The lowest BCUT2D eigenvalue weighted by atomic mass is 10.2. The molecule has 0 aliphatic rings. The SMILES string of the molecule is NC(=O)c1ccc(NC(=O)CSCc2c(Cl)cccc2Cl)cc1. The number of nitrogens with two attached hydrogens (primary N) is 1. The van der Waals surface area contributed by atoms with Crippen molar-refractivity contribution in [2.24, 2.45) is 5.73 Å². The van der Waals surface area contributed by atoms with Crippen LogP contribution in [0.1, 0.15) is 15.9 Å². The van der Waals surface area contributed by atoms with Crippen LogP contribution >= 0.6 is 35.0 Å². The minimum absolute atomic E-state index is 0.148. The number of thioether (sulfide) groups is 1. The molecule has 0 saturated heterocycles. The van der Waals surface area contributed by atoms with Crippen LogP contribution in [0.15, 0.2) is 42.5 Å². The lowest BCUT2D eigenvalue weighted by Gasteiger charge is -2.08. The first kappa shape index (κ1) is 17.7. The molecule has 0 fully saturated rings. The number of carbonyl (C=O) groups is 2. The van der Waals surface area contributed by atoms with Gasteiger partial charge >= 0.3 is 0 Å². The van der Waals surface area contributed by atoms with Gasteiger partial charge < -0.3 is 11.1 Å². The van der Waals surface area contributed by atoms with E-state index in [9.17, 15) is 9.59 Å². The lowest BCUT2D eigenvalue weighted by molar-refractivity contribution is -0.113. The van der Waals surface area contributed by atoms with Crippen LogP contribution in [0.4, 0.5) is 5.69 Å². The lowest BCUT2D eigenvalue weighted by Crippen LogP contribution is -2.15. The van der Waals surface area contributed by atoms with Gasteiger partial charge in [0.1, 0.15) is 0 Å². The molecule has 0 spiro atoms. The van der Waals surface area contributed by atoms with E-state index >= 15 is 0 Å². The number of nitrogens with one attached hydrogen (secondary N) is 1. The fourth-order valence-electron chi connectivity index (χ4n) is 1.83. The standard InChI is InChI=1S/C16H14Cl2N2O2S/c17-13-2-1-3-14(18)12(13)8-23-9-15(21)20-11-6-4-10(5-7-11)16(19)22/h1-7H,8-9H2,(H2,19,22)(H,20,21). The highest BCUT2D eigenvalue weighted by Crippen LogP contribution is 2.28. The summed E-state index contributed by atoms with van der Waals surface area (Å²) < 4.78 is 0. The maximum atomic E-state index is 11.9. The van der Waals surface area contributed by atoms with Gasteiger partial charge in [-0.05, 0) is 42.0 Å². The highest BCUT2D eigenvalue weighted by molar-refractivity contribution is 7.99. The molecule has 23 heavy (non-hydrogen) atoms. The summed E-state index contributed by atoms with van der Waals surface area (Å²) in [6.07, 6.45) is 0. The van der Waals surface area contributed by atoms with Gasteiger partial charge in [-0.3, -0.25) is 9.59 Å². The van der Waals surface area contributed by atoms with Crippen LogP contribution < -0.4 is 11.1 Å². The van der Waals surface area contributed by atoms with Crippen molar-refractivity contribution in [3.8, 4) is 0 Å². The third-order valence-corrected chi connectivity index (χ3v) is 4.66. The van der Waals surface area contributed by atoms with Gasteiger partial charge in [-0.25, -0.2) is 0 Å². The van der Waals surface area contributed by atoms with Crippen LogP contribution in [-0.2, 0) is 10.5 Å². The molecule has 2 aromatic rings. The molecule has 2 aromatic carbocycles. The van der Waals surface area contributed by atoms with E-state index in [0.717, 1.165) is 5.56 Å². The molecule has 0 radical (unpaired) electrons. The van der Waals surface area contributed by atoms with Crippen LogP contribution in [0.2, 0.25) is 10.0 Å². The Hall–Kier alpha value is -1.69. The molecule has 0 unspecified atom stereocenters. The summed E-state index contributed by atoms with van der Waals surface area (Å²) in [4.78, 5) is 22.9. The molecular formula is C16H14Cl2N2O2S. The van der Waals surface area contributed by atoms with Crippen molar-refractivity contribution < 1.29 is 9.59 Å².